The van der Waals surface area contributed by atoms with Crippen molar-refractivity contribution >= 4 is 17.7 Å². The van der Waals surface area contributed by atoms with Crippen LogP contribution in [0, 0.1) is 5.92 Å². The summed E-state index contributed by atoms with van der Waals surface area (Å²) in [5.74, 6) is -3.50. The number of Topliss-reactive ketones (excluding diaryl/α,β-unsaturated/α-hetero) is 1. The lowest BCUT2D eigenvalue weighted by atomic mass is 9.86. The zero-order chi connectivity index (χ0) is 22.1. The number of ether oxygens (including phenoxy) is 2. The Bertz CT molecular complexity index is 924. The molecule has 0 bridgehead atoms. The molecular formula is C25H24O6. The topological polar surface area (TPSA) is 82.8 Å². The molecule has 160 valence electrons. The molecule has 1 heterocycles. The number of ketones is 1. The maximum absolute atomic E-state index is 13.0. The van der Waals surface area contributed by atoms with Gasteiger partial charge in [0.25, 0.3) is 0 Å². The van der Waals surface area contributed by atoms with E-state index in [0.29, 0.717) is 5.76 Å². The predicted molar refractivity (Wildman–Crippen MR) is 113 cm³/mol. The Labute approximate surface area is 180 Å². The first-order valence-electron chi connectivity index (χ1n) is 9.98. The van der Waals surface area contributed by atoms with Gasteiger partial charge in [-0.15, -0.1) is 0 Å². The van der Waals surface area contributed by atoms with Crippen molar-refractivity contribution in [3.63, 3.8) is 0 Å². The van der Waals surface area contributed by atoms with Gasteiger partial charge in [0, 0.05) is 12.3 Å². The van der Waals surface area contributed by atoms with Crippen LogP contribution in [0.15, 0.2) is 83.5 Å². The molecule has 0 radical (unpaired) electrons. The van der Waals surface area contributed by atoms with Crippen molar-refractivity contribution in [3.05, 3.63) is 95.9 Å². The summed E-state index contributed by atoms with van der Waals surface area (Å²) >= 11 is 0. The summed E-state index contributed by atoms with van der Waals surface area (Å²) in [6.07, 6.45) is 1.38. The lowest BCUT2D eigenvalue weighted by Gasteiger charge is -2.22. The molecule has 0 fully saturated rings. The van der Waals surface area contributed by atoms with E-state index in [4.69, 9.17) is 13.9 Å². The van der Waals surface area contributed by atoms with E-state index in [1.54, 1.807) is 12.1 Å². The SMILES string of the molecule is CC(=O)C[C@@H](c1ccco1)C(C(=O)OCc1ccccc1)C(=O)OCc1ccccc1. The molecule has 0 aliphatic rings. The van der Waals surface area contributed by atoms with Crippen LogP contribution in [0.25, 0.3) is 0 Å². The summed E-state index contributed by atoms with van der Waals surface area (Å²) in [6.45, 7) is 1.41. The van der Waals surface area contributed by atoms with Crippen LogP contribution in [-0.4, -0.2) is 17.7 Å². The predicted octanol–water partition coefficient (Wildman–Crippen LogP) is 4.45. The highest BCUT2D eigenvalue weighted by atomic mass is 16.6. The minimum Gasteiger partial charge on any atom is -0.469 e. The smallest absolute Gasteiger partial charge is 0.321 e. The number of furan rings is 1. The van der Waals surface area contributed by atoms with Gasteiger partial charge in [-0.05, 0) is 30.2 Å². The van der Waals surface area contributed by atoms with Gasteiger partial charge in [-0.1, -0.05) is 60.7 Å². The minimum atomic E-state index is -1.33. The van der Waals surface area contributed by atoms with Crippen molar-refractivity contribution in [3.8, 4) is 0 Å². The van der Waals surface area contributed by atoms with Crippen LogP contribution >= 0.6 is 0 Å². The molecule has 1 atom stereocenters. The van der Waals surface area contributed by atoms with E-state index in [1.165, 1.54) is 13.2 Å². The van der Waals surface area contributed by atoms with Crippen molar-refractivity contribution in [2.24, 2.45) is 5.92 Å². The van der Waals surface area contributed by atoms with Crippen LogP contribution < -0.4 is 0 Å². The van der Waals surface area contributed by atoms with Crippen molar-refractivity contribution in [1.82, 2.24) is 0 Å². The summed E-state index contributed by atoms with van der Waals surface area (Å²) in [5.41, 5.74) is 1.57. The van der Waals surface area contributed by atoms with Gasteiger partial charge in [0.2, 0.25) is 0 Å². The third kappa shape index (κ3) is 6.40. The first-order chi connectivity index (χ1) is 15.0. The number of carbonyl (C=O) groups excluding carboxylic acids is 3. The van der Waals surface area contributed by atoms with E-state index in [9.17, 15) is 14.4 Å². The van der Waals surface area contributed by atoms with Crippen LogP contribution in [0.4, 0.5) is 0 Å². The molecule has 3 aromatic rings. The van der Waals surface area contributed by atoms with Crippen LogP contribution in [0.2, 0.25) is 0 Å². The Balaban J connectivity index is 1.81. The average molecular weight is 420 g/mol. The highest BCUT2D eigenvalue weighted by Crippen LogP contribution is 2.32. The van der Waals surface area contributed by atoms with Gasteiger partial charge in [0.05, 0.1) is 6.26 Å². The molecule has 0 spiro atoms. The number of hydrogen-bond acceptors (Lipinski definition) is 6. The van der Waals surface area contributed by atoms with Crippen molar-refractivity contribution in [2.45, 2.75) is 32.5 Å². The summed E-state index contributed by atoms with van der Waals surface area (Å²) < 4.78 is 16.3. The minimum absolute atomic E-state index is 0.00703. The fourth-order valence-electron chi connectivity index (χ4n) is 3.26. The fraction of sp³-hybridized carbons (Fsp3) is 0.240. The highest BCUT2D eigenvalue weighted by molar-refractivity contribution is 5.96. The second-order valence-electron chi connectivity index (χ2n) is 7.19. The number of hydrogen-bond donors (Lipinski definition) is 0. The summed E-state index contributed by atoms with van der Waals surface area (Å²) in [7, 11) is 0. The van der Waals surface area contributed by atoms with Crippen molar-refractivity contribution < 1.29 is 28.3 Å². The second-order valence-corrected chi connectivity index (χ2v) is 7.19. The molecule has 6 nitrogen and oxygen atoms in total. The van der Waals surface area contributed by atoms with Crippen LogP contribution in [0.5, 0.6) is 0 Å². The third-order valence-electron chi connectivity index (χ3n) is 4.77. The van der Waals surface area contributed by atoms with Crippen LogP contribution in [0.1, 0.15) is 36.1 Å². The summed E-state index contributed by atoms with van der Waals surface area (Å²) in [4.78, 5) is 37.9. The quantitative estimate of drug-likeness (QED) is 0.356. The molecule has 1 aromatic heterocycles. The Morgan fingerprint density at radius 3 is 1.71 bits per heavy atom. The second kappa shape index (κ2) is 10.9. The Morgan fingerprint density at radius 2 is 1.29 bits per heavy atom. The van der Waals surface area contributed by atoms with Crippen LogP contribution in [-0.2, 0) is 37.1 Å². The third-order valence-corrected chi connectivity index (χ3v) is 4.77. The highest BCUT2D eigenvalue weighted by Gasteiger charge is 2.40. The molecule has 31 heavy (non-hydrogen) atoms. The average Bonchev–Trinajstić information content (AvgIpc) is 3.32. The first kappa shape index (κ1) is 22.0. The normalized spacial score (nSPS) is 11.7. The molecule has 0 unspecified atom stereocenters. The number of benzene rings is 2. The molecule has 3 rings (SSSR count). The summed E-state index contributed by atoms with van der Waals surface area (Å²) in [5, 5.41) is 0. The molecule has 0 saturated carbocycles. The van der Waals surface area contributed by atoms with Gasteiger partial charge in [0.15, 0.2) is 5.92 Å². The van der Waals surface area contributed by atoms with Gasteiger partial charge >= 0.3 is 11.9 Å². The van der Waals surface area contributed by atoms with E-state index in [-0.39, 0.29) is 25.4 Å². The lowest BCUT2D eigenvalue weighted by molar-refractivity contribution is -0.165. The van der Waals surface area contributed by atoms with Gasteiger partial charge in [0.1, 0.15) is 24.8 Å². The molecule has 0 aliphatic heterocycles. The first-order valence-corrected chi connectivity index (χ1v) is 9.98. The monoisotopic (exact) mass is 420 g/mol. The molecule has 0 amide bonds. The lowest BCUT2D eigenvalue weighted by Crippen LogP contribution is -2.34. The maximum atomic E-state index is 13.0. The van der Waals surface area contributed by atoms with Gasteiger partial charge < -0.3 is 18.7 Å². The molecular weight excluding hydrogens is 396 g/mol. The van der Waals surface area contributed by atoms with E-state index < -0.39 is 23.8 Å². The zero-order valence-electron chi connectivity index (χ0n) is 17.2. The number of carbonyl (C=O) groups is 3. The molecule has 0 saturated heterocycles. The van der Waals surface area contributed by atoms with E-state index in [1.807, 2.05) is 60.7 Å². The molecule has 0 aliphatic carbocycles. The number of rotatable bonds is 10. The van der Waals surface area contributed by atoms with Gasteiger partial charge in [-0.2, -0.15) is 0 Å². The van der Waals surface area contributed by atoms with E-state index in [2.05, 4.69) is 0 Å². The zero-order valence-corrected chi connectivity index (χ0v) is 17.2. The Morgan fingerprint density at radius 1 is 0.774 bits per heavy atom. The molecule has 0 N–H and O–H groups in total. The molecule has 2 aromatic carbocycles. The maximum Gasteiger partial charge on any atom is 0.321 e. The standard InChI is InChI=1S/C25H24O6/c1-18(26)15-21(22-13-8-14-29-22)23(24(27)30-16-19-9-4-2-5-10-19)25(28)31-17-20-11-6-3-7-12-20/h2-14,21,23H,15-17H2,1H3/t21-/m0/s1. The Kier molecular flexibility index (Phi) is 7.76. The summed E-state index contributed by atoms with van der Waals surface area (Å²) in [6, 6.07) is 21.6. The van der Waals surface area contributed by atoms with E-state index >= 15 is 0 Å². The van der Waals surface area contributed by atoms with Crippen molar-refractivity contribution in [1.29, 1.82) is 0 Å². The van der Waals surface area contributed by atoms with Gasteiger partial charge in [-0.3, -0.25) is 9.59 Å². The number of esters is 2. The molecule has 6 heteroatoms. The van der Waals surface area contributed by atoms with Gasteiger partial charge in [-0.25, -0.2) is 0 Å². The van der Waals surface area contributed by atoms with Crippen molar-refractivity contribution in [2.75, 3.05) is 0 Å². The largest absolute Gasteiger partial charge is 0.469 e. The van der Waals surface area contributed by atoms with Crippen LogP contribution in [0.3, 0.4) is 0 Å². The fourth-order valence-corrected chi connectivity index (χ4v) is 3.26. The Hall–Kier alpha value is -3.67. The van der Waals surface area contributed by atoms with E-state index in [0.717, 1.165) is 11.1 Å².